The Bertz CT molecular complexity index is 1440. The summed E-state index contributed by atoms with van der Waals surface area (Å²) in [5, 5.41) is 8.39. The number of nitrogens with two attached hydrogens (primary N) is 1. The van der Waals surface area contributed by atoms with Crippen LogP contribution in [-0.4, -0.2) is 86.5 Å². The van der Waals surface area contributed by atoms with Gasteiger partial charge in [-0.1, -0.05) is 78.3 Å². The number of primary amides is 1. The Morgan fingerprint density at radius 2 is 1.55 bits per heavy atom. The number of piperidine rings is 1. The highest BCUT2D eigenvalue weighted by atomic mass is 35.5. The fraction of sp³-hybridized carbons (Fsp3) is 0.647. The summed E-state index contributed by atoms with van der Waals surface area (Å²) in [4.78, 5) is 80.6. The van der Waals surface area contributed by atoms with Crippen molar-refractivity contribution in [3.05, 3.63) is 35.9 Å². The maximum atomic E-state index is 14.3. The number of hydrogen-bond acceptors (Lipinski definition) is 8. The number of carbonyl (C=O) groups excluding carboxylic acids is 6. The first-order chi connectivity index (χ1) is 22.7. The maximum absolute atomic E-state index is 14.3. The molecule has 0 radical (unpaired) electrons. The summed E-state index contributed by atoms with van der Waals surface area (Å²) in [6.07, 6.45) is 3.03. The van der Waals surface area contributed by atoms with Crippen molar-refractivity contribution in [2.24, 2.45) is 28.4 Å². The van der Waals surface area contributed by atoms with E-state index in [2.05, 4.69) is 16.0 Å². The highest BCUT2D eigenvalue weighted by Crippen LogP contribution is 2.65. The number of fused-ring (bicyclic) bond motifs is 1. The predicted molar refractivity (Wildman–Crippen MR) is 188 cm³/mol. The minimum absolute atomic E-state index is 0.0210. The van der Waals surface area contributed by atoms with E-state index in [1.807, 2.05) is 30.3 Å². The number of esters is 1. The molecule has 5 N–H and O–H groups in total. The number of ether oxygens (including phenoxy) is 1. The second kappa shape index (κ2) is 15.1. The van der Waals surface area contributed by atoms with Gasteiger partial charge in [0.1, 0.15) is 35.1 Å². The lowest BCUT2D eigenvalue weighted by Crippen LogP contribution is -2.63. The summed E-state index contributed by atoms with van der Waals surface area (Å²) >= 11 is 14.5. The molecule has 2 aliphatic carbocycles. The molecule has 1 saturated heterocycles. The number of benzene rings is 1. The van der Waals surface area contributed by atoms with Gasteiger partial charge in [0.15, 0.2) is 0 Å². The van der Waals surface area contributed by atoms with Gasteiger partial charge >= 0.3 is 12.0 Å². The summed E-state index contributed by atoms with van der Waals surface area (Å²) in [7, 11) is 0. The Morgan fingerprint density at radius 3 is 2.08 bits per heavy atom. The first-order valence-electron chi connectivity index (χ1n) is 16.4. The molecule has 4 rings (SSSR count). The average Bonchev–Trinajstić information content (AvgIpc) is 3.30. The second-order valence-electron chi connectivity index (χ2n) is 15.2. The van der Waals surface area contributed by atoms with Crippen LogP contribution in [0.15, 0.2) is 30.3 Å². The van der Waals surface area contributed by atoms with Crippen molar-refractivity contribution in [2.45, 2.75) is 101 Å². The molecule has 3 aliphatic rings. The second-order valence-corrected chi connectivity index (χ2v) is 18.0. The molecule has 5 amide bonds. The Kier molecular flexibility index (Phi) is 11.9. The van der Waals surface area contributed by atoms with Crippen LogP contribution in [0.1, 0.15) is 66.4 Å². The van der Waals surface area contributed by atoms with Gasteiger partial charge in [0, 0.05) is 29.4 Å². The van der Waals surface area contributed by atoms with E-state index in [4.69, 9.17) is 33.7 Å². The van der Waals surface area contributed by atoms with Crippen LogP contribution in [0, 0.1) is 22.7 Å². The van der Waals surface area contributed by atoms with Crippen LogP contribution >= 0.6 is 35.0 Å². The van der Waals surface area contributed by atoms with Crippen molar-refractivity contribution in [3.8, 4) is 0 Å². The van der Waals surface area contributed by atoms with Crippen molar-refractivity contribution in [3.63, 3.8) is 0 Å². The third-order valence-corrected chi connectivity index (χ3v) is 11.8. The normalized spacial score (nSPS) is 23.2. The third kappa shape index (κ3) is 9.21. The molecule has 15 heteroatoms. The van der Waals surface area contributed by atoms with Gasteiger partial charge < -0.3 is 31.3 Å². The van der Waals surface area contributed by atoms with Gasteiger partial charge in [-0.2, -0.15) is 11.8 Å². The molecule has 3 fully saturated rings. The molecule has 1 aliphatic heterocycles. The molecular weight excluding hydrogens is 693 g/mol. The van der Waals surface area contributed by atoms with Crippen LogP contribution in [0.3, 0.4) is 0 Å². The van der Waals surface area contributed by atoms with Crippen LogP contribution in [0.2, 0.25) is 0 Å². The summed E-state index contributed by atoms with van der Waals surface area (Å²) in [5.74, 6) is -4.93. The monoisotopic (exact) mass is 739 g/mol. The number of amides is 5. The number of carbonyl (C=O) groups is 6. The molecule has 12 nitrogen and oxygen atoms in total. The molecule has 1 unspecified atom stereocenters. The molecular formula is C34H47Cl2N5O7S. The standard InChI is InChI=1S/C34H47Cl2N5O7S/c1-32(2,3)25(39-31(47)40-26(33(4,5)6)30(46)48-16-18-11-8-7-9-12-18)29(45)41-15-20-22(34(20,35)36)23(41)28(44)38-21(24(42)27(37)43)17-49-19-13-10-14-19/h7-9,11-12,19-23,25-26H,10,13-17H2,1-6H3,(H2,37,43)(H,38,44)(H2,39,40,47)/t20-,21?,22-,23-,25+,26+/m0/s1. The van der Waals surface area contributed by atoms with Crippen LogP contribution in [0.25, 0.3) is 0 Å². The number of nitrogens with zero attached hydrogens (tertiary/aromatic N) is 1. The van der Waals surface area contributed by atoms with Crippen molar-refractivity contribution in [1.29, 1.82) is 0 Å². The SMILES string of the molecule is CC(C)(C)[C@H](NC(=O)N[C@H](C(=O)N1C[C@H]2[C@@H]([C@H]1C(=O)NC(CSC1CCC1)C(=O)C(N)=O)C2(Cl)Cl)C(C)(C)C)C(=O)OCc1ccccc1. The van der Waals surface area contributed by atoms with Crippen LogP contribution in [0.4, 0.5) is 4.79 Å². The summed E-state index contributed by atoms with van der Waals surface area (Å²) < 4.78 is 4.24. The van der Waals surface area contributed by atoms with E-state index in [9.17, 15) is 28.8 Å². The van der Waals surface area contributed by atoms with Crippen molar-refractivity contribution < 1.29 is 33.5 Å². The van der Waals surface area contributed by atoms with Gasteiger partial charge in [-0.25, -0.2) is 9.59 Å². The van der Waals surface area contributed by atoms with Gasteiger partial charge in [-0.3, -0.25) is 19.2 Å². The molecule has 270 valence electrons. The minimum atomic E-state index is -1.27. The number of rotatable bonds is 13. The average molecular weight is 741 g/mol. The van der Waals surface area contributed by atoms with Crippen molar-refractivity contribution >= 4 is 70.5 Å². The Hall–Kier alpha value is -3.03. The molecule has 2 saturated carbocycles. The molecule has 1 aromatic carbocycles. The van der Waals surface area contributed by atoms with Gasteiger partial charge in [0.25, 0.3) is 5.91 Å². The van der Waals surface area contributed by atoms with Gasteiger partial charge in [-0.05, 0) is 29.2 Å². The number of alkyl halides is 2. The lowest BCUT2D eigenvalue weighted by molar-refractivity contribution is -0.150. The van der Waals surface area contributed by atoms with Crippen molar-refractivity contribution in [1.82, 2.24) is 20.9 Å². The summed E-state index contributed by atoms with van der Waals surface area (Å²) in [6.45, 7) is 10.6. The molecule has 0 spiro atoms. The van der Waals surface area contributed by atoms with E-state index in [1.165, 1.54) is 16.7 Å². The number of nitrogens with one attached hydrogen (secondary N) is 3. The number of thioether (sulfide) groups is 1. The fourth-order valence-electron chi connectivity index (χ4n) is 6.07. The topological polar surface area (TPSA) is 177 Å². The van der Waals surface area contributed by atoms with Gasteiger partial charge in [-0.15, -0.1) is 23.2 Å². The van der Waals surface area contributed by atoms with E-state index in [1.54, 1.807) is 41.5 Å². The van der Waals surface area contributed by atoms with Crippen LogP contribution in [0.5, 0.6) is 0 Å². The van der Waals surface area contributed by atoms with Crippen molar-refractivity contribution in [2.75, 3.05) is 12.3 Å². The van der Waals surface area contributed by atoms with Gasteiger partial charge in [0.05, 0.1) is 0 Å². The van der Waals surface area contributed by atoms with Crippen LogP contribution in [-0.2, 0) is 35.3 Å². The van der Waals surface area contributed by atoms with E-state index in [-0.39, 0.29) is 18.9 Å². The molecule has 0 aromatic heterocycles. The van der Waals surface area contributed by atoms with Gasteiger partial charge in [0.2, 0.25) is 17.6 Å². The highest BCUT2D eigenvalue weighted by molar-refractivity contribution is 8.00. The Balaban J connectivity index is 1.49. The Labute approximate surface area is 301 Å². The molecule has 49 heavy (non-hydrogen) atoms. The quantitative estimate of drug-likeness (QED) is 0.135. The molecule has 1 aromatic rings. The number of Topliss-reactive ketones (excluding diaryl/α,β-unsaturated/α-hetero) is 1. The number of hydrogen-bond donors (Lipinski definition) is 4. The predicted octanol–water partition coefficient (Wildman–Crippen LogP) is 3.31. The number of ketones is 1. The summed E-state index contributed by atoms with van der Waals surface area (Å²) in [5.41, 5.74) is 4.49. The Morgan fingerprint density at radius 1 is 0.959 bits per heavy atom. The number of urea groups is 1. The first-order valence-corrected chi connectivity index (χ1v) is 18.3. The maximum Gasteiger partial charge on any atom is 0.329 e. The zero-order valence-electron chi connectivity index (χ0n) is 28.7. The largest absolute Gasteiger partial charge is 0.459 e. The zero-order chi connectivity index (χ0) is 36.5. The lowest BCUT2D eigenvalue weighted by Gasteiger charge is -2.38. The van der Waals surface area contributed by atoms with E-state index in [0.29, 0.717) is 5.25 Å². The number of likely N-dealkylation sites (tertiary alicyclic amines) is 1. The summed E-state index contributed by atoms with van der Waals surface area (Å²) in [6, 6.07) is 3.78. The molecule has 1 heterocycles. The highest BCUT2D eigenvalue weighted by Gasteiger charge is 2.74. The minimum Gasteiger partial charge on any atom is -0.459 e. The van der Waals surface area contributed by atoms with E-state index >= 15 is 0 Å². The third-order valence-electron chi connectivity index (χ3n) is 9.30. The lowest BCUT2D eigenvalue weighted by atomic mass is 9.85. The van der Waals surface area contributed by atoms with Crippen LogP contribution < -0.4 is 21.7 Å². The smallest absolute Gasteiger partial charge is 0.329 e. The first kappa shape index (κ1) is 38.8. The number of halogens is 2. The zero-order valence-corrected chi connectivity index (χ0v) is 31.0. The fourth-order valence-corrected chi connectivity index (χ4v) is 8.27. The van der Waals surface area contributed by atoms with E-state index < -0.39 is 86.7 Å². The van der Waals surface area contributed by atoms with E-state index in [0.717, 1.165) is 24.8 Å². The molecule has 0 bridgehead atoms. The molecule has 6 atom stereocenters.